The van der Waals surface area contributed by atoms with Gasteiger partial charge in [0.25, 0.3) is 0 Å². The molecule has 5 heteroatoms. The van der Waals surface area contributed by atoms with Crippen molar-refractivity contribution >= 4 is 27.6 Å². The van der Waals surface area contributed by atoms with Crippen molar-refractivity contribution in [3.8, 4) is 0 Å². The molecule has 0 bridgehead atoms. The summed E-state index contributed by atoms with van der Waals surface area (Å²) in [7, 11) is 0. The third-order valence-corrected chi connectivity index (χ3v) is 3.32. The second-order valence-corrected chi connectivity index (χ2v) is 5.02. The number of hydrogen-bond donors (Lipinski definition) is 2. The van der Waals surface area contributed by atoms with E-state index in [0.29, 0.717) is 0 Å². The van der Waals surface area contributed by atoms with Gasteiger partial charge in [0.15, 0.2) is 0 Å². The van der Waals surface area contributed by atoms with E-state index in [4.69, 9.17) is 0 Å². The molecule has 0 aliphatic carbocycles. The van der Waals surface area contributed by atoms with E-state index in [9.17, 15) is 4.79 Å². The van der Waals surface area contributed by atoms with Crippen LogP contribution in [-0.4, -0.2) is 37.1 Å². The van der Waals surface area contributed by atoms with Gasteiger partial charge in [-0.3, -0.25) is 0 Å². The van der Waals surface area contributed by atoms with Crippen LogP contribution in [0.4, 0.5) is 10.5 Å². The highest BCUT2D eigenvalue weighted by atomic mass is 79.9. The van der Waals surface area contributed by atoms with Crippen LogP contribution < -0.4 is 10.6 Å². The van der Waals surface area contributed by atoms with Crippen LogP contribution in [0.25, 0.3) is 0 Å². The molecule has 1 saturated heterocycles. The largest absolute Gasteiger partial charge is 0.383 e. The van der Waals surface area contributed by atoms with E-state index in [1.54, 1.807) is 0 Å². The number of amides is 2. The molecule has 2 rings (SSSR count). The predicted octanol–water partition coefficient (Wildman–Crippen LogP) is 2.19. The number of hydrogen-bond acceptors (Lipinski definition) is 2. The topological polar surface area (TPSA) is 44.4 Å². The molecule has 1 fully saturated rings. The monoisotopic (exact) mass is 297 g/mol. The third kappa shape index (κ3) is 3.12. The Labute approximate surface area is 110 Å². The number of rotatable bonds is 4. The fraction of sp³-hybridized carbons (Fsp3) is 0.417. The molecule has 0 spiro atoms. The first-order valence-corrected chi connectivity index (χ1v) is 6.49. The first-order chi connectivity index (χ1) is 8.16. The van der Waals surface area contributed by atoms with Gasteiger partial charge in [-0.25, -0.2) is 4.79 Å². The maximum absolute atomic E-state index is 11.3. The molecule has 1 aromatic rings. The molecule has 0 radical (unpaired) electrons. The third-order valence-electron chi connectivity index (χ3n) is 2.83. The van der Waals surface area contributed by atoms with Gasteiger partial charge in [0.2, 0.25) is 0 Å². The van der Waals surface area contributed by atoms with E-state index in [0.717, 1.165) is 36.3 Å². The summed E-state index contributed by atoms with van der Waals surface area (Å²) in [5.41, 5.74) is 2.32. The van der Waals surface area contributed by atoms with Crippen molar-refractivity contribution in [1.29, 1.82) is 0 Å². The highest BCUT2D eigenvalue weighted by molar-refractivity contribution is 9.10. The van der Waals surface area contributed by atoms with Gasteiger partial charge in [0, 0.05) is 36.3 Å². The van der Waals surface area contributed by atoms with Crippen LogP contribution in [0.1, 0.15) is 5.56 Å². The van der Waals surface area contributed by atoms with E-state index in [-0.39, 0.29) is 6.03 Å². The fourth-order valence-electron chi connectivity index (χ4n) is 1.88. The maximum Gasteiger partial charge on any atom is 0.317 e. The molecule has 2 amide bonds. The van der Waals surface area contributed by atoms with Crippen molar-refractivity contribution in [2.45, 2.75) is 6.92 Å². The average Bonchev–Trinajstić information content (AvgIpc) is 2.68. The first-order valence-electron chi connectivity index (χ1n) is 5.69. The number of anilines is 1. The number of benzene rings is 1. The van der Waals surface area contributed by atoms with Crippen LogP contribution in [0, 0.1) is 6.92 Å². The Morgan fingerprint density at radius 2 is 2.35 bits per heavy atom. The number of nitrogens with zero attached hydrogens (tertiary/aromatic N) is 1. The summed E-state index contributed by atoms with van der Waals surface area (Å²) in [5.74, 6) is 0. The van der Waals surface area contributed by atoms with Crippen molar-refractivity contribution < 1.29 is 4.79 Å². The Morgan fingerprint density at radius 1 is 1.53 bits per heavy atom. The van der Waals surface area contributed by atoms with Gasteiger partial charge in [0.1, 0.15) is 0 Å². The first kappa shape index (κ1) is 12.2. The smallest absolute Gasteiger partial charge is 0.317 e. The molecule has 0 atom stereocenters. The zero-order valence-corrected chi connectivity index (χ0v) is 11.4. The summed E-state index contributed by atoms with van der Waals surface area (Å²) in [4.78, 5) is 13.1. The highest BCUT2D eigenvalue weighted by Crippen LogP contribution is 2.19. The van der Waals surface area contributed by atoms with Crippen LogP contribution in [0.5, 0.6) is 0 Å². The number of carbonyl (C=O) groups is 1. The summed E-state index contributed by atoms with van der Waals surface area (Å²) in [6.45, 7) is 5.14. The van der Waals surface area contributed by atoms with E-state index < -0.39 is 0 Å². The molecule has 1 aromatic carbocycles. The number of urea groups is 1. The lowest BCUT2D eigenvalue weighted by molar-refractivity contribution is 0.219. The number of nitrogens with one attached hydrogen (secondary N) is 2. The Hall–Kier alpha value is -1.23. The quantitative estimate of drug-likeness (QED) is 0.895. The standard InChI is InChI=1S/C12H16BrN3O/c1-9-8-10(13)2-3-11(9)14-4-6-16-7-5-15-12(16)17/h2-3,8,14H,4-7H2,1H3,(H,15,17). The van der Waals surface area contributed by atoms with Gasteiger partial charge in [-0.05, 0) is 30.7 Å². The summed E-state index contributed by atoms with van der Waals surface area (Å²) in [6, 6.07) is 6.17. The second kappa shape index (κ2) is 5.40. The van der Waals surface area contributed by atoms with Crippen LogP contribution in [0.15, 0.2) is 22.7 Å². The number of carbonyl (C=O) groups excluding carboxylic acids is 1. The second-order valence-electron chi connectivity index (χ2n) is 4.10. The fourth-order valence-corrected chi connectivity index (χ4v) is 2.35. The minimum atomic E-state index is 0.0410. The van der Waals surface area contributed by atoms with E-state index in [2.05, 4.69) is 39.6 Å². The molecular weight excluding hydrogens is 282 g/mol. The minimum absolute atomic E-state index is 0.0410. The average molecular weight is 298 g/mol. The van der Waals surface area contributed by atoms with Gasteiger partial charge in [-0.15, -0.1) is 0 Å². The molecule has 0 aromatic heterocycles. The van der Waals surface area contributed by atoms with Gasteiger partial charge >= 0.3 is 6.03 Å². The molecule has 4 nitrogen and oxygen atoms in total. The van der Waals surface area contributed by atoms with E-state index >= 15 is 0 Å². The molecule has 2 N–H and O–H groups in total. The van der Waals surface area contributed by atoms with Crippen LogP contribution in [0.3, 0.4) is 0 Å². The molecule has 92 valence electrons. The lowest BCUT2D eigenvalue weighted by atomic mass is 10.2. The lowest BCUT2D eigenvalue weighted by Crippen LogP contribution is -2.32. The molecule has 0 unspecified atom stereocenters. The summed E-state index contributed by atoms with van der Waals surface area (Å²) in [6.07, 6.45) is 0. The molecule has 1 heterocycles. The van der Waals surface area contributed by atoms with Crippen LogP contribution in [-0.2, 0) is 0 Å². The van der Waals surface area contributed by atoms with E-state index in [1.165, 1.54) is 5.56 Å². The van der Waals surface area contributed by atoms with Crippen LogP contribution >= 0.6 is 15.9 Å². The summed E-state index contributed by atoms with van der Waals surface area (Å²) < 4.78 is 1.08. The van der Waals surface area contributed by atoms with Gasteiger partial charge in [0.05, 0.1) is 0 Å². The SMILES string of the molecule is Cc1cc(Br)ccc1NCCN1CCNC1=O. The van der Waals surface area contributed by atoms with E-state index in [1.807, 2.05) is 17.0 Å². The maximum atomic E-state index is 11.3. The van der Waals surface area contributed by atoms with Crippen LogP contribution in [0.2, 0.25) is 0 Å². The Kier molecular flexibility index (Phi) is 3.89. The van der Waals surface area contributed by atoms with Crippen molar-refractivity contribution in [2.75, 3.05) is 31.5 Å². The Balaban J connectivity index is 1.83. The van der Waals surface area contributed by atoms with Crippen molar-refractivity contribution in [1.82, 2.24) is 10.2 Å². The molecule has 0 saturated carbocycles. The Bertz CT molecular complexity index is 422. The van der Waals surface area contributed by atoms with Gasteiger partial charge < -0.3 is 15.5 Å². The number of halogens is 1. The molecule has 1 aliphatic heterocycles. The zero-order chi connectivity index (χ0) is 12.3. The molecular formula is C12H16BrN3O. The minimum Gasteiger partial charge on any atom is -0.383 e. The van der Waals surface area contributed by atoms with Crippen molar-refractivity contribution in [2.24, 2.45) is 0 Å². The summed E-state index contributed by atoms with van der Waals surface area (Å²) >= 11 is 3.44. The number of aryl methyl sites for hydroxylation is 1. The molecule has 1 aliphatic rings. The predicted molar refractivity (Wildman–Crippen MR) is 72.3 cm³/mol. The lowest BCUT2D eigenvalue weighted by Gasteiger charge is -2.16. The highest BCUT2D eigenvalue weighted by Gasteiger charge is 2.18. The van der Waals surface area contributed by atoms with Gasteiger partial charge in [-0.2, -0.15) is 0 Å². The van der Waals surface area contributed by atoms with Gasteiger partial charge in [-0.1, -0.05) is 15.9 Å². The van der Waals surface area contributed by atoms with Crippen molar-refractivity contribution in [3.63, 3.8) is 0 Å². The summed E-state index contributed by atoms with van der Waals surface area (Å²) in [5, 5.41) is 6.14. The normalized spacial score (nSPS) is 14.9. The zero-order valence-electron chi connectivity index (χ0n) is 9.79. The van der Waals surface area contributed by atoms with Crippen molar-refractivity contribution in [3.05, 3.63) is 28.2 Å². The Morgan fingerprint density at radius 3 is 3.00 bits per heavy atom. The molecule has 17 heavy (non-hydrogen) atoms.